The molecule has 25 heavy (non-hydrogen) atoms. The van der Waals surface area contributed by atoms with E-state index < -0.39 is 0 Å². The molecule has 1 N–H and O–H groups in total. The van der Waals surface area contributed by atoms with Gasteiger partial charge in [0.1, 0.15) is 5.69 Å². The van der Waals surface area contributed by atoms with Gasteiger partial charge in [-0.15, -0.1) is 0 Å². The van der Waals surface area contributed by atoms with Crippen LogP contribution in [0.2, 0.25) is 0 Å². The maximum atomic E-state index is 4.82. The molecular formula is C18H21N7. The highest BCUT2D eigenvalue weighted by Crippen LogP contribution is 2.33. The number of hydrogen-bond acceptors (Lipinski definition) is 5. The van der Waals surface area contributed by atoms with Crippen LogP contribution in [0.1, 0.15) is 42.4 Å². The summed E-state index contributed by atoms with van der Waals surface area (Å²) in [5.74, 6) is 0.920. The van der Waals surface area contributed by atoms with Gasteiger partial charge in [-0.1, -0.05) is 0 Å². The van der Waals surface area contributed by atoms with E-state index in [1.807, 2.05) is 12.4 Å². The molecule has 0 aromatic carbocycles. The minimum absolute atomic E-state index is 0.189. The summed E-state index contributed by atoms with van der Waals surface area (Å²) in [4.78, 5) is 13.8. The van der Waals surface area contributed by atoms with Crippen LogP contribution in [0.5, 0.6) is 0 Å². The SMILES string of the molecule is c1cnc2c(n1)CCC[C@H]2n1ccnc1-c1cc2n(n1)CCCNC2. The Bertz CT molecular complexity index is 871. The summed E-state index contributed by atoms with van der Waals surface area (Å²) in [5.41, 5.74) is 4.37. The fraction of sp³-hybridized carbons (Fsp3) is 0.444. The van der Waals surface area contributed by atoms with Crippen molar-refractivity contribution in [3.05, 3.63) is 47.9 Å². The van der Waals surface area contributed by atoms with E-state index in [0.717, 1.165) is 68.2 Å². The standard InChI is InChI=1S/C18H21N7/c1-3-14-17(21-7-6-20-14)16(4-1)24-10-8-22-18(24)15-11-13-12-19-5-2-9-25(13)23-15/h6-8,10-11,16,19H,1-5,9,12H2/t16-/m1/s1. The van der Waals surface area contributed by atoms with Gasteiger partial charge in [-0.3, -0.25) is 14.6 Å². The highest BCUT2D eigenvalue weighted by molar-refractivity contribution is 5.51. The second kappa shape index (κ2) is 6.07. The number of aromatic nitrogens is 6. The molecule has 128 valence electrons. The minimum Gasteiger partial charge on any atom is -0.320 e. The average Bonchev–Trinajstić information content (AvgIpc) is 3.23. The number of nitrogens with one attached hydrogen (secondary N) is 1. The van der Waals surface area contributed by atoms with E-state index in [1.165, 1.54) is 5.69 Å². The highest BCUT2D eigenvalue weighted by atomic mass is 15.3. The predicted molar refractivity (Wildman–Crippen MR) is 92.9 cm³/mol. The number of rotatable bonds is 2. The molecule has 1 atom stereocenters. The van der Waals surface area contributed by atoms with E-state index in [4.69, 9.17) is 5.10 Å². The van der Waals surface area contributed by atoms with Gasteiger partial charge in [-0.2, -0.15) is 5.10 Å². The Balaban J connectivity index is 1.55. The molecule has 7 nitrogen and oxygen atoms in total. The second-order valence-corrected chi connectivity index (χ2v) is 6.73. The van der Waals surface area contributed by atoms with E-state index in [2.05, 4.69) is 35.6 Å². The minimum atomic E-state index is 0.189. The zero-order valence-corrected chi connectivity index (χ0v) is 14.1. The topological polar surface area (TPSA) is 73.5 Å². The van der Waals surface area contributed by atoms with E-state index in [1.54, 1.807) is 12.4 Å². The van der Waals surface area contributed by atoms with Gasteiger partial charge in [0.05, 0.1) is 23.1 Å². The third-order valence-electron chi connectivity index (χ3n) is 5.14. The van der Waals surface area contributed by atoms with Crippen molar-refractivity contribution < 1.29 is 0 Å². The normalized spacial score (nSPS) is 19.9. The molecule has 0 saturated carbocycles. The van der Waals surface area contributed by atoms with Crippen LogP contribution in [-0.4, -0.2) is 35.8 Å². The first-order chi connectivity index (χ1) is 12.4. The number of hydrogen-bond donors (Lipinski definition) is 1. The summed E-state index contributed by atoms with van der Waals surface area (Å²) in [6.45, 7) is 2.87. The van der Waals surface area contributed by atoms with Crippen LogP contribution in [0, 0.1) is 0 Å². The number of nitrogens with zero attached hydrogens (tertiary/aromatic N) is 6. The second-order valence-electron chi connectivity index (χ2n) is 6.73. The Morgan fingerprint density at radius 1 is 1.08 bits per heavy atom. The van der Waals surface area contributed by atoms with Crippen LogP contribution < -0.4 is 5.32 Å². The fourth-order valence-corrected chi connectivity index (χ4v) is 3.95. The molecule has 4 heterocycles. The molecule has 0 amide bonds. The van der Waals surface area contributed by atoms with E-state index in [9.17, 15) is 0 Å². The van der Waals surface area contributed by atoms with Crippen molar-refractivity contribution in [3.63, 3.8) is 0 Å². The Morgan fingerprint density at radius 2 is 2.04 bits per heavy atom. The molecule has 0 saturated heterocycles. The summed E-state index contributed by atoms with van der Waals surface area (Å²) in [7, 11) is 0. The third kappa shape index (κ3) is 2.55. The number of aryl methyl sites for hydroxylation is 2. The lowest BCUT2D eigenvalue weighted by atomic mass is 9.95. The lowest BCUT2D eigenvalue weighted by molar-refractivity contribution is 0.472. The zero-order chi connectivity index (χ0) is 16.6. The van der Waals surface area contributed by atoms with Crippen LogP contribution in [0.3, 0.4) is 0 Å². The van der Waals surface area contributed by atoms with Gasteiger partial charge in [0.25, 0.3) is 0 Å². The first kappa shape index (κ1) is 14.8. The van der Waals surface area contributed by atoms with Gasteiger partial charge in [0.2, 0.25) is 0 Å². The van der Waals surface area contributed by atoms with Gasteiger partial charge >= 0.3 is 0 Å². The van der Waals surface area contributed by atoms with Crippen LogP contribution in [0.15, 0.2) is 30.9 Å². The van der Waals surface area contributed by atoms with Crippen molar-refractivity contribution in [1.82, 2.24) is 34.6 Å². The average molecular weight is 335 g/mol. The molecule has 1 aliphatic carbocycles. The highest BCUT2D eigenvalue weighted by Gasteiger charge is 2.27. The summed E-state index contributed by atoms with van der Waals surface area (Å²) < 4.78 is 4.34. The van der Waals surface area contributed by atoms with Crippen molar-refractivity contribution in [2.45, 2.75) is 44.8 Å². The summed E-state index contributed by atoms with van der Waals surface area (Å²) in [5, 5.41) is 8.27. The molecular weight excluding hydrogens is 314 g/mol. The van der Waals surface area contributed by atoms with E-state index in [-0.39, 0.29) is 6.04 Å². The molecule has 0 spiro atoms. The Labute approximate surface area is 146 Å². The largest absolute Gasteiger partial charge is 0.320 e. The third-order valence-corrected chi connectivity index (χ3v) is 5.14. The van der Waals surface area contributed by atoms with Crippen molar-refractivity contribution in [2.24, 2.45) is 0 Å². The molecule has 5 rings (SSSR count). The summed E-state index contributed by atoms with van der Waals surface area (Å²) >= 11 is 0. The maximum Gasteiger partial charge on any atom is 0.161 e. The van der Waals surface area contributed by atoms with Gasteiger partial charge in [-0.25, -0.2) is 4.98 Å². The summed E-state index contributed by atoms with van der Waals surface area (Å²) in [6.07, 6.45) is 11.8. The van der Waals surface area contributed by atoms with E-state index in [0.29, 0.717) is 0 Å². The Hall–Kier alpha value is -2.54. The first-order valence-corrected chi connectivity index (χ1v) is 9.00. The van der Waals surface area contributed by atoms with Crippen LogP contribution in [-0.2, 0) is 19.5 Å². The quantitative estimate of drug-likeness (QED) is 0.775. The molecule has 3 aromatic heterocycles. The Kier molecular flexibility index (Phi) is 3.59. The van der Waals surface area contributed by atoms with Gasteiger partial charge in [-0.05, 0) is 38.3 Å². The monoisotopic (exact) mass is 335 g/mol. The van der Waals surface area contributed by atoms with Crippen molar-refractivity contribution in [3.8, 4) is 11.5 Å². The zero-order valence-electron chi connectivity index (χ0n) is 14.1. The predicted octanol–water partition coefficient (Wildman–Crippen LogP) is 1.96. The van der Waals surface area contributed by atoms with Gasteiger partial charge in [0.15, 0.2) is 5.82 Å². The molecule has 1 aliphatic heterocycles. The van der Waals surface area contributed by atoms with Crippen molar-refractivity contribution in [2.75, 3.05) is 6.54 Å². The number of fused-ring (bicyclic) bond motifs is 2. The van der Waals surface area contributed by atoms with Crippen molar-refractivity contribution in [1.29, 1.82) is 0 Å². The first-order valence-electron chi connectivity index (χ1n) is 9.00. The molecule has 7 heteroatoms. The number of imidazole rings is 1. The van der Waals surface area contributed by atoms with Gasteiger partial charge < -0.3 is 9.88 Å². The lowest BCUT2D eigenvalue weighted by Crippen LogP contribution is -2.20. The Morgan fingerprint density at radius 3 is 3.04 bits per heavy atom. The molecule has 0 radical (unpaired) electrons. The van der Waals surface area contributed by atoms with Crippen LogP contribution in [0.4, 0.5) is 0 Å². The lowest BCUT2D eigenvalue weighted by Gasteiger charge is -2.25. The molecule has 2 aliphatic rings. The van der Waals surface area contributed by atoms with Crippen LogP contribution in [0.25, 0.3) is 11.5 Å². The maximum absolute atomic E-state index is 4.82. The smallest absolute Gasteiger partial charge is 0.161 e. The molecule has 3 aromatic rings. The summed E-state index contributed by atoms with van der Waals surface area (Å²) in [6, 6.07) is 2.35. The molecule has 0 unspecified atom stereocenters. The molecule has 0 fully saturated rings. The van der Waals surface area contributed by atoms with Gasteiger partial charge in [0, 0.05) is 37.9 Å². The van der Waals surface area contributed by atoms with E-state index >= 15 is 0 Å². The van der Waals surface area contributed by atoms with Crippen LogP contribution >= 0.6 is 0 Å². The fourth-order valence-electron chi connectivity index (χ4n) is 3.95. The van der Waals surface area contributed by atoms with Crippen molar-refractivity contribution >= 4 is 0 Å². The molecule has 0 bridgehead atoms.